The van der Waals surface area contributed by atoms with Gasteiger partial charge in [-0.25, -0.2) is 0 Å². The van der Waals surface area contributed by atoms with Gasteiger partial charge in [-0.3, -0.25) is 9.69 Å². The van der Waals surface area contributed by atoms with Crippen LogP contribution < -0.4 is 10.3 Å². The van der Waals surface area contributed by atoms with E-state index in [4.69, 9.17) is 4.74 Å². The van der Waals surface area contributed by atoms with Crippen LogP contribution in [0.1, 0.15) is 23.6 Å². The van der Waals surface area contributed by atoms with Gasteiger partial charge in [0.1, 0.15) is 5.75 Å². The molecule has 0 N–H and O–H groups in total. The molecule has 4 heteroatoms. The molecular weight excluding hydrogens is 360 g/mol. The Kier molecular flexibility index (Phi) is 4.72. The maximum absolute atomic E-state index is 12.6. The summed E-state index contributed by atoms with van der Waals surface area (Å²) in [6.07, 6.45) is 1.17. The summed E-state index contributed by atoms with van der Waals surface area (Å²) >= 11 is 0. The Bertz CT molecular complexity index is 1060. The average Bonchev–Trinajstić information content (AvgIpc) is 2.75. The van der Waals surface area contributed by atoms with E-state index in [1.807, 2.05) is 28.8 Å². The van der Waals surface area contributed by atoms with Crippen molar-refractivity contribution in [2.45, 2.75) is 25.4 Å². The van der Waals surface area contributed by atoms with E-state index in [0.29, 0.717) is 11.8 Å². The largest absolute Gasteiger partial charge is 0.497 e. The lowest BCUT2D eigenvalue weighted by Gasteiger charge is -2.43. The van der Waals surface area contributed by atoms with Gasteiger partial charge in [0.05, 0.1) is 7.11 Å². The number of ether oxygens (including phenoxy) is 1. The number of rotatable bonds is 4. The molecule has 0 amide bonds. The minimum absolute atomic E-state index is 0.137. The minimum Gasteiger partial charge on any atom is -0.497 e. The molecule has 0 radical (unpaired) electrons. The summed E-state index contributed by atoms with van der Waals surface area (Å²) in [7, 11) is 1.70. The van der Waals surface area contributed by atoms with Gasteiger partial charge in [0.2, 0.25) is 0 Å². The van der Waals surface area contributed by atoms with Crippen molar-refractivity contribution >= 4 is 0 Å². The zero-order valence-corrected chi connectivity index (χ0v) is 16.8. The first-order valence-corrected chi connectivity index (χ1v) is 10.4. The van der Waals surface area contributed by atoms with Crippen molar-refractivity contribution < 1.29 is 4.74 Å². The lowest BCUT2D eigenvalue weighted by atomic mass is 9.80. The van der Waals surface area contributed by atoms with E-state index in [1.54, 1.807) is 13.2 Å². The number of fused-ring (bicyclic) bond motifs is 4. The fraction of sp³-hybridized carbons (Fsp3) is 0.320. The summed E-state index contributed by atoms with van der Waals surface area (Å²) in [5, 5.41) is 0. The summed E-state index contributed by atoms with van der Waals surface area (Å²) in [6, 6.07) is 22.6. The molecule has 148 valence electrons. The molecule has 29 heavy (non-hydrogen) atoms. The number of likely N-dealkylation sites (tertiary alicyclic amines) is 1. The van der Waals surface area contributed by atoms with Crippen molar-refractivity contribution in [3.05, 3.63) is 88.3 Å². The minimum atomic E-state index is 0.137. The SMILES string of the molecule is COc1ccc(CN2C[C@H]3C[C@H](C2)c2c(-c4ccccc4)ccc(=O)n2C3)cc1. The highest BCUT2D eigenvalue weighted by atomic mass is 16.5. The van der Waals surface area contributed by atoms with Crippen molar-refractivity contribution in [2.24, 2.45) is 5.92 Å². The predicted octanol–water partition coefficient (Wildman–Crippen LogP) is 4.14. The Hall–Kier alpha value is -2.85. The van der Waals surface area contributed by atoms with Gasteiger partial charge in [-0.2, -0.15) is 0 Å². The number of aromatic nitrogens is 1. The van der Waals surface area contributed by atoms with Gasteiger partial charge < -0.3 is 9.30 Å². The smallest absolute Gasteiger partial charge is 0.250 e. The fourth-order valence-corrected chi connectivity index (χ4v) is 5.09. The van der Waals surface area contributed by atoms with Crippen molar-refractivity contribution in [1.29, 1.82) is 0 Å². The Morgan fingerprint density at radius 2 is 1.72 bits per heavy atom. The van der Waals surface area contributed by atoms with Gasteiger partial charge in [-0.1, -0.05) is 42.5 Å². The molecule has 2 atom stereocenters. The highest BCUT2D eigenvalue weighted by Crippen LogP contribution is 2.40. The van der Waals surface area contributed by atoms with Crippen LogP contribution in [0.3, 0.4) is 0 Å². The Morgan fingerprint density at radius 1 is 0.931 bits per heavy atom. The van der Waals surface area contributed by atoms with Gasteiger partial charge in [0.15, 0.2) is 0 Å². The summed E-state index contributed by atoms with van der Waals surface area (Å²) in [4.78, 5) is 15.2. The highest BCUT2D eigenvalue weighted by molar-refractivity contribution is 5.67. The second-order valence-corrected chi connectivity index (χ2v) is 8.29. The molecule has 0 unspecified atom stereocenters. The van der Waals surface area contributed by atoms with Crippen molar-refractivity contribution in [3.8, 4) is 16.9 Å². The van der Waals surface area contributed by atoms with E-state index >= 15 is 0 Å². The lowest BCUT2D eigenvalue weighted by molar-refractivity contribution is 0.115. The van der Waals surface area contributed by atoms with Gasteiger partial charge >= 0.3 is 0 Å². The number of methoxy groups -OCH3 is 1. The molecule has 2 aliphatic rings. The van der Waals surface area contributed by atoms with E-state index in [2.05, 4.69) is 41.3 Å². The van der Waals surface area contributed by atoms with Crippen molar-refractivity contribution in [2.75, 3.05) is 20.2 Å². The van der Waals surface area contributed by atoms with Crippen LogP contribution in [0.2, 0.25) is 0 Å². The van der Waals surface area contributed by atoms with Crippen LogP contribution in [0.5, 0.6) is 5.75 Å². The average molecular weight is 386 g/mol. The number of hydrogen-bond donors (Lipinski definition) is 0. The zero-order valence-electron chi connectivity index (χ0n) is 16.8. The summed E-state index contributed by atoms with van der Waals surface area (Å²) < 4.78 is 7.33. The predicted molar refractivity (Wildman–Crippen MR) is 115 cm³/mol. The third-order valence-corrected chi connectivity index (χ3v) is 6.32. The fourth-order valence-electron chi connectivity index (χ4n) is 5.09. The Morgan fingerprint density at radius 3 is 2.48 bits per heavy atom. The van der Waals surface area contributed by atoms with Crippen molar-refractivity contribution in [3.63, 3.8) is 0 Å². The Balaban J connectivity index is 1.46. The van der Waals surface area contributed by atoms with Crippen LogP contribution in [-0.2, 0) is 13.1 Å². The normalized spacial score (nSPS) is 20.9. The number of hydrogen-bond acceptors (Lipinski definition) is 3. The molecule has 2 aromatic carbocycles. The van der Waals surface area contributed by atoms with Gasteiger partial charge in [-0.05, 0) is 41.7 Å². The lowest BCUT2D eigenvalue weighted by Crippen LogP contribution is -2.47. The molecule has 1 aromatic heterocycles. The zero-order chi connectivity index (χ0) is 19.8. The number of nitrogens with zero attached hydrogens (tertiary/aromatic N) is 2. The third-order valence-electron chi connectivity index (χ3n) is 6.32. The molecule has 3 aromatic rings. The topological polar surface area (TPSA) is 34.5 Å². The number of pyridine rings is 1. The first-order valence-electron chi connectivity index (χ1n) is 10.4. The van der Waals surface area contributed by atoms with Gasteiger partial charge in [0.25, 0.3) is 5.56 Å². The van der Waals surface area contributed by atoms with E-state index in [-0.39, 0.29) is 5.56 Å². The Labute approximate surface area is 171 Å². The first kappa shape index (κ1) is 18.2. The van der Waals surface area contributed by atoms with E-state index in [9.17, 15) is 4.79 Å². The van der Waals surface area contributed by atoms with Crippen LogP contribution in [-0.4, -0.2) is 29.7 Å². The van der Waals surface area contributed by atoms with Crippen molar-refractivity contribution in [1.82, 2.24) is 9.47 Å². The highest BCUT2D eigenvalue weighted by Gasteiger charge is 2.36. The molecular formula is C25H26N2O2. The molecule has 5 rings (SSSR count). The second kappa shape index (κ2) is 7.53. The molecule has 2 aliphatic heterocycles. The van der Waals surface area contributed by atoms with Gasteiger partial charge in [-0.15, -0.1) is 0 Å². The second-order valence-electron chi connectivity index (χ2n) is 8.29. The van der Waals surface area contributed by atoms with E-state index in [0.717, 1.165) is 31.9 Å². The molecule has 2 bridgehead atoms. The van der Waals surface area contributed by atoms with Gasteiger partial charge in [0, 0.05) is 49.4 Å². The molecule has 1 saturated heterocycles. The molecule has 3 heterocycles. The molecule has 1 fully saturated rings. The van der Waals surface area contributed by atoms with Crippen LogP contribution in [0.4, 0.5) is 0 Å². The quantitative estimate of drug-likeness (QED) is 0.676. The van der Waals surface area contributed by atoms with Crippen LogP contribution in [0, 0.1) is 5.92 Å². The summed E-state index contributed by atoms with van der Waals surface area (Å²) in [6.45, 7) is 3.80. The number of benzene rings is 2. The monoisotopic (exact) mass is 386 g/mol. The standard InChI is InChI=1S/C25H26N2O2/c1-29-22-9-7-18(8-10-22)14-26-15-19-13-21(17-26)25-23(20-5-3-2-4-6-20)11-12-24(28)27(25)16-19/h2-12,19,21H,13-17H2,1H3/t19-,21-/m1/s1. The van der Waals surface area contributed by atoms with Crippen LogP contribution in [0.15, 0.2) is 71.5 Å². The maximum atomic E-state index is 12.6. The summed E-state index contributed by atoms with van der Waals surface area (Å²) in [5.41, 5.74) is 5.07. The molecule has 0 saturated carbocycles. The third kappa shape index (κ3) is 3.49. The number of piperidine rings is 1. The first-order chi connectivity index (χ1) is 14.2. The van der Waals surface area contributed by atoms with Crippen LogP contribution in [0.25, 0.3) is 11.1 Å². The molecule has 0 spiro atoms. The summed E-state index contributed by atoms with van der Waals surface area (Å²) in [5.74, 6) is 1.82. The van der Waals surface area contributed by atoms with E-state index < -0.39 is 0 Å². The van der Waals surface area contributed by atoms with Crippen LogP contribution >= 0.6 is 0 Å². The maximum Gasteiger partial charge on any atom is 0.250 e. The molecule has 4 nitrogen and oxygen atoms in total. The van der Waals surface area contributed by atoms with E-state index in [1.165, 1.54) is 28.8 Å². The molecule has 0 aliphatic carbocycles.